The number of aromatic nitrogens is 2. The van der Waals surface area contributed by atoms with Gasteiger partial charge in [0.05, 0.1) is 0 Å². The van der Waals surface area contributed by atoms with Gasteiger partial charge in [-0.2, -0.15) is 0 Å². The molecule has 3 aromatic rings. The Hall–Kier alpha value is -2.92. The van der Waals surface area contributed by atoms with E-state index in [2.05, 4.69) is 63.4 Å². The first-order chi connectivity index (χ1) is 15.1. The second-order valence-corrected chi connectivity index (χ2v) is 8.57. The zero-order valence-electron chi connectivity index (χ0n) is 18.3. The standard InChI is InChI=1S/C26H29N3O2/c1-18-14-23(28-19(2)27-18)15-20-5-7-21(8-6-20)17-29-11-3-4-24(29)22-9-10-25-26(16-22)31-13-12-30-25/h5-10,14,16,24H,3-4,11-13,15,17H2,1-2H3/t24-/m1/s1. The van der Waals surface area contributed by atoms with Crippen molar-refractivity contribution in [3.8, 4) is 11.5 Å². The van der Waals surface area contributed by atoms with Crippen molar-refractivity contribution in [2.45, 2.75) is 45.7 Å². The molecule has 3 heterocycles. The fourth-order valence-electron chi connectivity index (χ4n) is 4.75. The number of aryl methyl sites for hydroxylation is 2. The Morgan fingerprint density at radius 3 is 2.48 bits per heavy atom. The zero-order chi connectivity index (χ0) is 21.2. The Kier molecular flexibility index (Phi) is 5.60. The van der Waals surface area contributed by atoms with Crippen molar-refractivity contribution >= 4 is 0 Å². The van der Waals surface area contributed by atoms with Gasteiger partial charge >= 0.3 is 0 Å². The highest BCUT2D eigenvalue weighted by molar-refractivity contribution is 5.45. The maximum Gasteiger partial charge on any atom is 0.161 e. The normalized spacial score (nSPS) is 18.3. The molecule has 1 aromatic heterocycles. The Balaban J connectivity index is 1.27. The number of rotatable bonds is 5. The van der Waals surface area contributed by atoms with Crippen LogP contribution in [0, 0.1) is 13.8 Å². The third-order valence-corrected chi connectivity index (χ3v) is 6.13. The fourth-order valence-corrected chi connectivity index (χ4v) is 4.75. The summed E-state index contributed by atoms with van der Waals surface area (Å²) in [5.74, 6) is 2.59. The van der Waals surface area contributed by atoms with E-state index in [0.717, 1.165) is 48.2 Å². The monoisotopic (exact) mass is 415 g/mol. The molecular formula is C26H29N3O2. The number of likely N-dealkylation sites (tertiary alicyclic amines) is 1. The number of nitrogens with zero attached hydrogens (tertiary/aromatic N) is 3. The number of hydrogen-bond donors (Lipinski definition) is 0. The summed E-state index contributed by atoms with van der Waals surface area (Å²) in [6.07, 6.45) is 3.25. The van der Waals surface area contributed by atoms with Crippen molar-refractivity contribution in [3.63, 3.8) is 0 Å². The van der Waals surface area contributed by atoms with E-state index in [1.54, 1.807) is 0 Å². The Labute approximate surface area is 184 Å². The molecule has 0 radical (unpaired) electrons. The summed E-state index contributed by atoms with van der Waals surface area (Å²) >= 11 is 0. The topological polar surface area (TPSA) is 47.5 Å². The number of benzene rings is 2. The summed E-state index contributed by atoms with van der Waals surface area (Å²) in [5.41, 5.74) is 6.07. The molecule has 1 fully saturated rings. The van der Waals surface area contributed by atoms with Gasteiger partial charge in [-0.1, -0.05) is 30.3 Å². The highest BCUT2D eigenvalue weighted by atomic mass is 16.6. The van der Waals surface area contributed by atoms with Crippen LogP contribution < -0.4 is 9.47 Å². The lowest BCUT2D eigenvalue weighted by Gasteiger charge is -2.26. The van der Waals surface area contributed by atoms with Gasteiger partial charge in [-0.25, -0.2) is 9.97 Å². The van der Waals surface area contributed by atoms with E-state index in [-0.39, 0.29) is 0 Å². The summed E-state index contributed by atoms with van der Waals surface area (Å²) in [5, 5.41) is 0. The lowest BCUT2D eigenvalue weighted by Crippen LogP contribution is -2.23. The molecule has 0 spiro atoms. The smallest absolute Gasteiger partial charge is 0.161 e. The van der Waals surface area contributed by atoms with Gasteiger partial charge in [-0.05, 0) is 68.1 Å². The van der Waals surface area contributed by atoms with Gasteiger partial charge in [0.15, 0.2) is 11.5 Å². The largest absolute Gasteiger partial charge is 0.486 e. The van der Waals surface area contributed by atoms with E-state index in [1.165, 1.54) is 29.5 Å². The highest BCUT2D eigenvalue weighted by Gasteiger charge is 2.27. The Bertz CT molecular complexity index is 1040. The molecule has 2 aliphatic rings. The minimum atomic E-state index is 0.433. The van der Waals surface area contributed by atoms with E-state index in [9.17, 15) is 0 Å². The number of fused-ring (bicyclic) bond motifs is 1. The molecule has 0 bridgehead atoms. The summed E-state index contributed by atoms with van der Waals surface area (Å²) in [7, 11) is 0. The van der Waals surface area contributed by atoms with Gasteiger partial charge in [-0.3, -0.25) is 4.90 Å². The highest BCUT2D eigenvalue weighted by Crippen LogP contribution is 2.38. The third-order valence-electron chi connectivity index (χ3n) is 6.13. The molecule has 5 heteroatoms. The summed E-state index contributed by atoms with van der Waals surface area (Å²) < 4.78 is 11.5. The van der Waals surface area contributed by atoms with Gasteiger partial charge in [-0.15, -0.1) is 0 Å². The number of ether oxygens (including phenoxy) is 2. The molecule has 160 valence electrons. The van der Waals surface area contributed by atoms with Crippen molar-refractivity contribution < 1.29 is 9.47 Å². The lowest BCUT2D eigenvalue weighted by atomic mass is 10.0. The second kappa shape index (κ2) is 8.67. The second-order valence-electron chi connectivity index (χ2n) is 8.57. The van der Waals surface area contributed by atoms with Gasteiger partial charge in [0.1, 0.15) is 19.0 Å². The van der Waals surface area contributed by atoms with Crippen molar-refractivity contribution in [2.24, 2.45) is 0 Å². The minimum absolute atomic E-state index is 0.433. The van der Waals surface area contributed by atoms with Crippen molar-refractivity contribution in [2.75, 3.05) is 19.8 Å². The first-order valence-electron chi connectivity index (χ1n) is 11.2. The summed E-state index contributed by atoms with van der Waals surface area (Å²) in [6, 6.07) is 17.9. The predicted molar refractivity (Wildman–Crippen MR) is 121 cm³/mol. The van der Waals surface area contributed by atoms with Crippen molar-refractivity contribution in [1.29, 1.82) is 0 Å². The average molecular weight is 416 g/mol. The molecule has 0 unspecified atom stereocenters. The van der Waals surface area contributed by atoms with E-state index < -0.39 is 0 Å². The summed E-state index contributed by atoms with van der Waals surface area (Å²) in [4.78, 5) is 11.5. The van der Waals surface area contributed by atoms with E-state index >= 15 is 0 Å². The minimum Gasteiger partial charge on any atom is -0.486 e. The van der Waals surface area contributed by atoms with Crippen LogP contribution in [0.2, 0.25) is 0 Å². The van der Waals surface area contributed by atoms with Crippen LogP contribution in [0.1, 0.15) is 52.8 Å². The Morgan fingerprint density at radius 2 is 1.68 bits per heavy atom. The van der Waals surface area contributed by atoms with Gasteiger partial charge < -0.3 is 9.47 Å². The van der Waals surface area contributed by atoms with Gasteiger partial charge in [0.25, 0.3) is 0 Å². The van der Waals surface area contributed by atoms with Gasteiger partial charge in [0, 0.05) is 30.4 Å². The molecule has 2 aliphatic heterocycles. The van der Waals surface area contributed by atoms with Crippen molar-refractivity contribution in [1.82, 2.24) is 14.9 Å². The van der Waals surface area contributed by atoms with E-state index in [4.69, 9.17) is 9.47 Å². The summed E-state index contributed by atoms with van der Waals surface area (Å²) in [6.45, 7) is 7.33. The van der Waals surface area contributed by atoms with E-state index in [0.29, 0.717) is 19.3 Å². The molecule has 0 amide bonds. The first kappa shape index (κ1) is 20.0. The molecule has 0 saturated carbocycles. The first-order valence-corrected chi connectivity index (χ1v) is 11.2. The zero-order valence-corrected chi connectivity index (χ0v) is 18.3. The fraction of sp³-hybridized carbons (Fsp3) is 0.385. The average Bonchev–Trinajstić information content (AvgIpc) is 3.22. The molecule has 1 atom stereocenters. The van der Waals surface area contributed by atoms with Crippen LogP contribution in [0.4, 0.5) is 0 Å². The van der Waals surface area contributed by atoms with Crippen LogP contribution in [-0.2, 0) is 13.0 Å². The molecular weight excluding hydrogens is 386 g/mol. The van der Waals surface area contributed by atoms with E-state index in [1.807, 2.05) is 13.8 Å². The molecule has 2 aromatic carbocycles. The van der Waals surface area contributed by atoms with Crippen LogP contribution in [-0.4, -0.2) is 34.6 Å². The molecule has 31 heavy (non-hydrogen) atoms. The van der Waals surface area contributed by atoms with Crippen LogP contribution in [0.5, 0.6) is 11.5 Å². The maximum absolute atomic E-state index is 5.80. The predicted octanol–water partition coefficient (Wildman–Crippen LogP) is 4.79. The van der Waals surface area contributed by atoms with Crippen LogP contribution in [0.15, 0.2) is 48.5 Å². The molecule has 0 N–H and O–H groups in total. The third kappa shape index (κ3) is 4.57. The van der Waals surface area contributed by atoms with Crippen molar-refractivity contribution in [3.05, 3.63) is 82.4 Å². The van der Waals surface area contributed by atoms with Gasteiger partial charge in [0.2, 0.25) is 0 Å². The maximum atomic E-state index is 5.80. The number of hydrogen-bond acceptors (Lipinski definition) is 5. The Morgan fingerprint density at radius 1 is 0.903 bits per heavy atom. The quantitative estimate of drug-likeness (QED) is 0.599. The lowest BCUT2D eigenvalue weighted by molar-refractivity contribution is 0.170. The SMILES string of the molecule is Cc1cc(Cc2ccc(CN3CCC[C@@H]3c3ccc4c(c3)OCCO4)cc2)nc(C)n1. The van der Waals surface area contributed by atoms with Crippen LogP contribution >= 0.6 is 0 Å². The van der Waals surface area contributed by atoms with Crippen LogP contribution in [0.25, 0.3) is 0 Å². The molecule has 5 rings (SSSR count). The van der Waals surface area contributed by atoms with Crippen LogP contribution in [0.3, 0.4) is 0 Å². The molecule has 5 nitrogen and oxygen atoms in total. The molecule has 0 aliphatic carbocycles. The molecule has 1 saturated heterocycles.